The Hall–Kier alpha value is -2.35. The number of hydrogen-bond acceptors (Lipinski definition) is 2. The molecule has 0 spiro atoms. The highest BCUT2D eigenvalue weighted by atomic mass is 15.2. The molecular formula is C24H30N2. The van der Waals surface area contributed by atoms with Gasteiger partial charge >= 0.3 is 0 Å². The number of benzene rings is 2. The highest BCUT2D eigenvalue weighted by Crippen LogP contribution is 2.44. The molecule has 1 aliphatic heterocycles. The fourth-order valence-corrected chi connectivity index (χ4v) is 3.75. The van der Waals surface area contributed by atoms with E-state index >= 15 is 0 Å². The van der Waals surface area contributed by atoms with E-state index in [0.717, 1.165) is 5.52 Å². The van der Waals surface area contributed by atoms with Gasteiger partial charge in [0.25, 0.3) is 0 Å². The maximum atomic E-state index is 4.18. The Morgan fingerprint density at radius 1 is 0.962 bits per heavy atom. The third kappa shape index (κ3) is 3.60. The highest BCUT2D eigenvalue weighted by molar-refractivity contribution is 5.77. The van der Waals surface area contributed by atoms with Gasteiger partial charge in [0, 0.05) is 35.3 Å². The first-order valence-corrected chi connectivity index (χ1v) is 9.71. The number of anilines is 1. The monoisotopic (exact) mass is 346 g/mol. The molecule has 136 valence electrons. The fourth-order valence-electron chi connectivity index (χ4n) is 3.75. The topological polar surface area (TPSA) is 16.1 Å². The minimum atomic E-state index is 0.282. The van der Waals surface area contributed by atoms with Crippen LogP contribution in [0.4, 0.5) is 5.69 Å². The number of pyridine rings is 1. The van der Waals surface area contributed by atoms with E-state index in [9.17, 15) is 0 Å². The van der Waals surface area contributed by atoms with Crippen molar-refractivity contribution in [2.24, 2.45) is 0 Å². The first kappa shape index (κ1) is 18.4. The van der Waals surface area contributed by atoms with E-state index in [4.69, 9.17) is 0 Å². The number of rotatable bonds is 3. The van der Waals surface area contributed by atoms with Crippen molar-refractivity contribution in [1.29, 1.82) is 0 Å². The molecule has 3 aromatic rings. The molecule has 2 heterocycles. The molecule has 0 aliphatic carbocycles. The second-order valence-electron chi connectivity index (χ2n) is 7.66. The van der Waals surface area contributed by atoms with Gasteiger partial charge in [-0.2, -0.15) is 0 Å². The molecule has 2 nitrogen and oxygen atoms in total. The molecule has 0 saturated heterocycles. The minimum absolute atomic E-state index is 0.282. The molecule has 4 rings (SSSR count). The molecule has 26 heavy (non-hydrogen) atoms. The van der Waals surface area contributed by atoms with Gasteiger partial charge in [-0.15, -0.1) is 0 Å². The van der Waals surface area contributed by atoms with Crippen molar-refractivity contribution in [3.8, 4) is 0 Å². The van der Waals surface area contributed by atoms with Crippen LogP contribution in [0.15, 0.2) is 66.9 Å². The van der Waals surface area contributed by atoms with E-state index in [1.165, 1.54) is 36.0 Å². The molecule has 0 bridgehead atoms. The molecule has 0 radical (unpaired) electrons. The predicted molar refractivity (Wildman–Crippen MR) is 113 cm³/mol. The Morgan fingerprint density at radius 2 is 1.65 bits per heavy atom. The van der Waals surface area contributed by atoms with Gasteiger partial charge in [0.15, 0.2) is 0 Å². The van der Waals surface area contributed by atoms with Gasteiger partial charge in [0.05, 0.1) is 5.52 Å². The normalized spacial score (nSPS) is 17.5. The lowest BCUT2D eigenvalue weighted by Crippen LogP contribution is -2.39. The lowest BCUT2D eigenvalue weighted by molar-refractivity contribution is 0.438. The summed E-state index contributed by atoms with van der Waals surface area (Å²) in [6.45, 7) is 10.5. The fraction of sp³-hybridized carbons (Fsp3) is 0.375. The Bertz CT molecular complexity index is 788. The average molecular weight is 347 g/mol. The molecule has 1 aliphatic rings. The van der Waals surface area contributed by atoms with Crippen LogP contribution in [0, 0.1) is 0 Å². The van der Waals surface area contributed by atoms with Gasteiger partial charge in [-0.25, -0.2) is 0 Å². The molecule has 0 saturated carbocycles. The van der Waals surface area contributed by atoms with Gasteiger partial charge in [0.1, 0.15) is 0 Å². The molecular weight excluding hydrogens is 316 g/mol. The summed E-state index contributed by atoms with van der Waals surface area (Å²) >= 11 is 0. The Labute approximate surface area is 157 Å². The van der Waals surface area contributed by atoms with Gasteiger partial charge in [-0.1, -0.05) is 69.7 Å². The third-order valence-electron chi connectivity index (χ3n) is 5.68. The largest absolute Gasteiger partial charge is 0.368 e. The van der Waals surface area contributed by atoms with E-state index < -0.39 is 0 Å². The van der Waals surface area contributed by atoms with Crippen LogP contribution in [0.25, 0.3) is 10.9 Å². The predicted octanol–water partition coefficient (Wildman–Crippen LogP) is 6.21. The molecule has 2 heteroatoms. The average Bonchev–Trinajstić information content (AvgIpc) is 2.87. The third-order valence-corrected chi connectivity index (χ3v) is 5.68. The molecule has 0 amide bonds. The SMILES string of the molecule is CCCCN1c2ccccc2C(C)(C)C1C.c1ccc2ncccc2c1. The van der Waals surface area contributed by atoms with Crippen LogP contribution in [-0.4, -0.2) is 17.6 Å². The maximum Gasteiger partial charge on any atom is 0.0701 e. The lowest BCUT2D eigenvalue weighted by atomic mass is 9.81. The van der Waals surface area contributed by atoms with Crippen molar-refractivity contribution in [3.05, 3.63) is 72.4 Å². The van der Waals surface area contributed by atoms with Crippen molar-refractivity contribution in [2.75, 3.05) is 11.4 Å². The van der Waals surface area contributed by atoms with Gasteiger partial charge in [-0.3, -0.25) is 4.98 Å². The van der Waals surface area contributed by atoms with Crippen LogP contribution in [0.2, 0.25) is 0 Å². The van der Waals surface area contributed by atoms with Crippen molar-refractivity contribution < 1.29 is 0 Å². The highest BCUT2D eigenvalue weighted by Gasteiger charge is 2.40. The summed E-state index contributed by atoms with van der Waals surface area (Å²) in [6, 6.07) is 21.6. The van der Waals surface area contributed by atoms with Crippen LogP contribution in [-0.2, 0) is 5.41 Å². The van der Waals surface area contributed by atoms with Crippen LogP contribution < -0.4 is 4.90 Å². The smallest absolute Gasteiger partial charge is 0.0701 e. The standard InChI is InChI=1S/C15H23N.C9H7N/c1-5-6-11-16-12(2)15(3,4)13-9-7-8-10-14(13)16;1-2-6-9-8(4-1)5-3-7-10-9/h7-10,12H,5-6,11H2,1-4H3;1-7H. The van der Waals surface area contributed by atoms with Gasteiger partial charge < -0.3 is 4.90 Å². The number of para-hydroxylation sites is 2. The van der Waals surface area contributed by atoms with Crippen LogP contribution in [0.3, 0.4) is 0 Å². The zero-order valence-corrected chi connectivity index (χ0v) is 16.4. The second-order valence-corrected chi connectivity index (χ2v) is 7.66. The summed E-state index contributed by atoms with van der Waals surface area (Å²) in [5.41, 5.74) is 4.31. The van der Waals surface area contributed by atoms with Gasteiger partial charge in [0.2, 0.25) is 0 Å². The molecule has 1 atom stereocenters. The molecule has 2 aromatic carbocycles. The zero-order chi connectivity index (χ0) is 18.6. The molecule has 1 unspecified atom stereocenters. The Kier molecular flexibility index (Phi) is 5.61. The van der Waals surface area contributed by atoms with Crippen molar-refractivity contribution in [3.63, 3.8) is 0 Å². The number of aromatic nitrogens is 1. The van der Waals surface area contributed by atoms with E-state index in [1.807, 2.05) is 30.5 Å². The summed E-state index contributed by atoms with van der Waals surface area (Å²) in [6.07, 6.45) is 4.36. The number of unbranched alkanes of at least 4 members (excludes halogenated alkanes) is 1. The van der Waals surface area contributed by atoms with E-state index in [-0.39, 0.29) is 5.41 Å². The first-order valence-electron chi connectivity index (χ1n) is 9.71. The number of hydrogen-bond donors (Lipinski definition) is 0. The van der Waals surface area contributed by atoms with Gasteiger partial charge in [-0.05, 0) is 37.1 Å². The van der Waals surface area contributed by atoms with Crippen molar-refractivity contribution >= 4 is 16.6 Å². The number of nitrogens with zero attached hydrogens (tertiary/aromatic N) is 2. The minimum Gasteiger partial charge on any atom is -0.368 e. The summed E-state index contributed by atoms with van der Waals surface area (Å²) in [4.78, 5) is 6.76. The summed E-state index contributed by atoms with van der Waals surface area (Å²) in [5.74, 6) is 0. The van der Waals surface area contributed by atoms with E-state index in [1.54, 1.807) is 0 Å². The zero-order valence-electron chi connectivity index (χ0n) is 16.4. The van der Waals surface area contributed by atoms with Crippen LogP contribution in [0.1, 0.15) is 46.1 Å². The summed E-state index contributed by atoms with van der Waals surface area (Å²) in [7, 11) is 0. The van der Waals surface area contributed by atoms with Crippen LogP contribution in [0.5, 0.6) is 0 Å². The summed E-state index contributed by atoms with van der Waals surface area (Å²) in [5, 5.41) is 1.20. The lowest BCUT2D eigenvalue weighted by Gasteiger charge is -2.31. The van der Waals surface area contributed by atoms with Crippen molar-refractivity contribution in [1.82, 2.24) is 4.98 Å². The van der Waals surface area contributed by atoms with E-state index in [2.05, 4.69) is 74.0 Å². The Balaban J connectivity index is 0.000000167. The molecule has 1 aromatic heterocycles. The maximum absolute atomic E-state index is 4.18. The molecule has 0 N–H and O–H groups in total. The van der Waals surface area contributed by atoms with Crippen LogP contribution >= 0.6 is 0 Å². The van der Waals surface area contributed by atoms with E-state index in [0.29, 0.717) is 6.04 Å². The second kappa shape index (κ2) is 7.90. The van der Waals surface area contributed by atoms with Crippen molar-refractivity contribution in [2.45, 2.75) is 52.0 Å². The first-order chi connectivity index (χ1) is 12.6. The summed E-state index contributed by atoms with van der Waals surface area (Å²) < 4.78 is 0. The quantitative estimate of drug-likeness (QED) is 0.560. The Morgan fingerprint density at radius 3 is 2.42 bits per heavy atom. The number of fused-ring (bicyclic) bond motifs is 2. The molecule has 0 fully saturated rings.